The minimum absolute atomic E-state index is 0. The Kier molecular flexibility index (Phi) is 10.8. The number of benzene rings is 1. The summed E-state index contributed by atoms with van der Waals surface area (Å²) in [5.41, 5.74) is 1.18. The Morgan fingerprint density at radius 1 is 1.33 bits per heavy atom. The molecule has 1 aromatic carbocycles. The quantitative estimate of drug-likeness (QED) is 0.258. The van der Waals surface area contributed by atoms with Gasteiger partial charge in [0.25, 0.3) is 0 Å². The molecule has 1 aromatic rings. The molecular formula is C19H31ClIN5O. The first-order valence-corrected chi connectivity index (χ1v) is 9.63. The Bertz CT molecular complexity index is 609. The summed E-state index contributed by atoms with van der Waals surface area (Å²) in [6.07, 6.45) is 3.22. The molecular weight excluding hydrogens is 477 g/mol. The van der Waals surface area contributed by atoms with Crippen molar-refractivity contribution in [2.24, 2.45) is 4.99 Å². The van der Waals surface area contributed by atoms with E-state index >= 15 is 0 Å². The van der Waals surface area contributed by atoms with Gasteiger partial charge >= 0.3 is 0 Å². The average Bonchev–Trinajstić information content (AvgIpc) is 3.08. The highest BCUT2D eigenvalue weighted by molar-refractivity contribution is 14.0. The minimum Gasteiger partial charge on any atom is -0.369 e. The standard InChI is InChI=1S/C19H30ClN5O.HI/c1-4-5-11-21-19(22-13-18(26)24(2)3)23-16-10-12-25(14-16)17-8-6-15(20)7-9-17;/h6-9,16H,4-5,10-14H2,1-3H3,(H2,21,22,23);1H. The zero-order valence-corrected chi connectivity index (χ0v) is 19.5. The number of rotatable bonds is 7. The molecule has 0 bridgehead atoms. The number of likely N-dealkylation sites (N-methyl/N-ethyl adjacent to an activating group) is 1. The molecule has 0 spiro atoms. The Morgan fingerprint density at radius 3 is 2.67 bits per heavy atom. The predicted octanol–water partition coefficient (Wildman–Crippen LogP) is 2.96. The van der Waals surface area contributed by atoms with Crippen LogP contribution in [0.2, 0.25) is 5.02 Å². The number of carbonyl (C=O) groups excluding carboxylic acids is 1. The zero-order chi connectivity index (χ0) is 18.9. The van der Waals surface area contributed by atoms with Gasteiger partial charge in [-0.15, -0.1) is 24.0 Å². The summed E-state index contributed by atoms with van der Waals surface area (Å²) in [5.74, 6) is 0.715. The number of nitrogens with one attached hydrogen (secondary N) is 2. The molecule has 27 heavy (non-hydrogen) atoms. The van der Waals surface area contributed by atoms with Gasteiger partial charge < -0.3 is 20.4 Å². The predicted molar refractivity (Wildman–Crippen MR) is 125 cm³/mol. The van der Waals surface area contributed by atoms with Gasteiger partial charge in [0, 0.05) is 50.5 Å². The summed E-state index contributed by atoms with van der Waals surface area (Å²) in [7, 11) is 3.49. The molecule has 6 nitrogen and oxygen atoms in total. The summed E-state index contributed by atoms with van der Waals surface area (Å²) in [5, 5.41) is 7.57. The molecule has 0 aliphatic carbocycles. The number of nitrogens with zero attached hydrogens (tertiary/aromatic N) is 3. The van der Waals surface area contributed by atoms with Gasteiger partial charge in [-0.3, -0.25) is 4.79 Å². The Morgan fingerprint density at radius 2 is 2.04 bits per heavy atom. The fourth-order valence-corrected chi connectivity index (χ4v) is 2.91. The first kappa shape index (κ1) is 23.8. The summed E-state index contributed by atoms with van der Waals surface area (Å²) in [6, 6.07) is 8.24. The van der Waals surface area contributed by atoms with E-state index in [1.807, 2.05) is 12.1 Å². The number of unbranched alkanes of at least 4 members (excludes halogenated alkanes) is 1. The van der Waals surface area contributed by atoms with Gasteiger partial charge in [-0.25, -0.2) is 4.99 Å². The second-order valence-electron chi connectivity index (χ2n) is 6.79. The Labute approximate surface area is 184 Å². The van der Waals surface area contributed by atoms with Crippen molar-refractivity contribution in [1.82, 2.24) is 15.5 Å². The van der Waals surface area contributed by atoms with Crippen molar-refractivity contribution >= 4 is 53.1 Å². The van der Waals surface area contributed by atoms with Crippen molar-refractivity contribution < 1.29 is 4.79 Å². The van der Waals surface area contributed by atoms with E-state index in [1.165, 1.54) is 5.69 Å². The topological polar surface area (TPSA) is 60.0 Å². The number of hydrogen-bond acceptors (Lipinski definition) is 3. The molecule has 1 aliphatic heterocycles. The van der Waals surface area contributed by atoms with E-state index in [-0.39, 0.29) is 36.4 Å². The van der Waals surface area contributed by atoms with Crippen LogP contribution in [0, 0.1) is 0 Å². The lowest BCUT2D eigenvalue weighted by Gasteiger charge is -2.21. The zero-order valence-electron chi connectivity index (χ0n) is 16.4. The van der Waals surface area contributed by atoms with Crippen molar-refractivity contribution in [1.29, 1.82) is 0 Å². The molecule has 2 rings (SSSR count). The smallest absolute Gasteiger partial charge is 0.243 e. The lowest BCUT2D eigenvalue weighted by Crippen LogP contribution is -2.45. The van der Waals surface area contributed by atoms with Gasteiger partial charge in [0.15, 0.2) is 5.96 Å². The maximum Gasteiger partial charge on any atom is 0.243 e. The van der Waals surface area contributed by atoms with E-state index in [0.717, 1.165) is 49.9 Å². The van der Waals surface area contributed by atoms with E-state index in [1.54, 1.807) is 19.0 Å². The van der Waals surface area contributed by atoms with E-state index in [2.05, 4.69) is 39.6 Å². The van der Waals surface area contributed by atoms with Gasteiger partial charge in [-0.2, -0.15) is 0 Å². The molecule has 152 valence electrons. The third-order valence-electron chi connectivity index (χ3n) is 4.41. The van der Waals surface area contributed by atoms with E-state index < -0.39 is 0 Å². The molecule has 1 unspecified atom stereocenters. The third kappa shape index (κ3) is 8.13. The van der Waals surface area contributed by atoms with Crippen molar-refractivity contribution in [2.75, 3.05) is 45.2 Å². The van der Waals surface area contributed by atoms with Gasteiger partial charge in [-0.1, -0.05) is 24.9 Å². The highest BCUT2D eigenvalue weighted by atomic mass is 127. The van der Waals surface area contributed by atoms with Crippen LogP contribution in [0.4, 0.5) is 5.69 Å². The van der Waals surface area contributed by atoms with Crippen LogP contribution in [0.25, 0.3) is 0 Å². The van der Waals surface area contributed by atoms with Crippen LogP contribution in [-0.2, 0) is 4.79 Å². The number of halogens is 2. The highest BCUT2D eigenvalue weighted by Gasteiger charge is 2.23. The van der Waals surface area contributed by atoms with Gasteiger partial charge in [-0.05, 0) is 37.1 Å². The SMILES string of the molecule is CCCCNC(=NCC(=O)N(C)C)NC1CCN(c2ccc(Cl)cc2)C1.I. The summed E-state index contributed by atoms with van der Waals surface area (Å²) in [4.78, 5) is 20.2. The number of hydrogen-bond donors (Lipinski definition) is 2. The second kappa shape index (κ2) is 12.3. The van der Waals surface area contributed by atoms with Crippen LogP contribution in [0.1, 0.15) is 26.2 Å². The lowest BCUT2D eigenvalue weighted by atomic mass is 10.2. The molecule has 1 aliphatic rings. The van der Waals surface area contributed by atoms with Gasteiger partial charge in [0.2, 0.25) is 5.91 Å². The number of carbonyl (C=O) groups is 1. The maximum atomic E-state index is 11.8. The number of guanidine groups is 1. The lowest BCUT2D eigenvalue weighted by molar-refractivity contribution is -0.127. The number of amides is 1. The van der Waals surface area contributed by atoms with E-state index in [0.29, 0.717) is 6.04 Å². The van der Waals surface area contributed by atoms with Crippen molar-refractivity contribution in [3.05, 3.63) is 29.3 Å². The molecule has 1 amide bonds. The molecule has 1 heterocycles. The summed E-state index contributed by atoms with van der Waals surface area (Å²) in [6.45, 7) is 5.05. The normalized spacial score (nSPS) is 16.7. The van der Waals surface area contributed by atoms with Crippen LogP contribution in [0.15, 0.2) is 29.3 Å². The Balaban J connectivity index is 0.00000364. The molecule has 0 radical (unpaired) electrons. The van der Waals surface area contributed by atoms with Gasteiger partial charge in [0.1, 0.15) is 6.54 Å². The maximum absolute atomic E-state index is 11.8. The average molecular weight is 508 g/mol. The first-order valence-electron chi connectivity index (χ1n) is 9.25. The van der Waals surface area contributed by atoms with Crippen molar-refractivity contribution in [3.8, 4) is 0 Å². The van der Waals surface area contributed by atoms with Crippen LogP contribution < -0.4 is 15.5 Å². The van der Waals surface area contributed by atoms with E-state index in [4.69, 9.17) is 11.6 Å². The van der Waals surface area contributed by atoms with Crippen LogP contribution in [0.3, 0.4) is 0 Å². The third-order valence-corrected chi connectivity index (χ3v) is 4.67. The van der Waals surface area contributed by atoms with Gasteiger partial charge in [0.05, 0.1) is 0 Å². The monoisotopic (exact) mass is 507 g/mol. The second-order valence-corrected chi connectivity index (χ2v) is 7.22. The minimum atomic E-state index is -0.00388. The van der Waals surface area contributed by atoms with Crippen LogP contribution in [0.5, 0.6) is 0 Å². The molecule has 1 atom stereocenters. The molecule has 1 saturated heterocycles. The fourth-order valence-electron chi connectivity index (χ4n) is 2.78. The molecule has 2 N–H and O–H groups in total. The van der Waals surface area contributed by atoms with E-state index in [9.17, 15) is 4.79 Å². The van der Waals surface area contributed by atoms with Crippen LogP contribution in [-0.4, -0.2) is 63.1 Å². The molecule has 8 heteroatoms. The van der Waals surface area contributed by atoms with Crippen LogP contribution >= 0.6 is 35.6 Å². The number of anilines is 1. The summed E-state index contributed by atoms with van der Waals surface area (Å²) >= 11 is 5.97. The molecule has 1 fully saturated rings. The highest BCUT2D eigenvalue weighted by Crippen LogP contribution is 2.22. The largest absolute Gasteiger partial charge is 0.369 e. The van der Waals surface area contributed by atoms with Crippen molar-refractivity contribution in [3.63, 3.8) is 0 Å². The van der Waals surface area contributed by atoms with Crippen molar-refractivity contribution in [2.45, 2.75) is 32.2 Å². The number of aliphatic imine (C=N–C) groups is 1. The first-order chi connectivity index (χ1) is 12.5. The summed E-state index contributed by atoms with van der Waals surface area (Å²) < 4.78 is 0. The Hall–Kier alpha value is -1.22. The fraction of sp³-hybridized carbons (Fsp3) is 0.579. The molecule has 0 aromatic heterocycles. The molecule has 0 saturated carbocycles.